The van der Waals surface area contributed by atoms with Gasteiger partial charge < -0.3 is 5.32 Å². The molecule has 0 saturated carbocycles. The Bertz CT molecular complexity index is 507. The molecule has 0 unspecified atom stereocenters. The van der Waals surface area contributed by atoms with Crippen LogP contribution in [0.25, 0.3) is 0 Å². The molecule has 18 heavy (non-hydrogen) atoms. The van der Waals surface area contributed by atoms with Crippen LogP contribution in [0.1, 0.15) is 32.1 Å². The lowest BCUT2D eigenvalue weighted by Gasteiger charge is -2.13. The summed E-state index contributed by atoms with van der Waals surface area (Å²) in [5, 5.41) is 7.27. The van der Waals surface area contributed by atoms with Gasteiger partial charge in [0, 0.05) is 13.6 Å². The lowest BCUT2D eigenvalue weighted by molar-refractivity contribution is 0.678. The first kappa shape index (κ1) is 13.3. The van der Waals surface area contributed by atoms with Gasteiger partial charge in [0.05, 0.1) is 11.9 Å². The topological polar surface area (TPSA) is 46.9 Å². The molecular formula is C13H18BrN3O. The van der Waals surface area contributed by atoms with Crippen molar-refractivity contribution >= 4 is 21.6 Å². The summed E-state index contributed by atoms with van der Waals surface area (Å²) in [6.07, 6.45) is 10.1. The molecule has 1 aliphatic rings. The van der Waals surface area contributed by atoms with Crippen molar-refractivity contribution in [3.05, 3.63) is 32.7 Å². The molecule has 5 heteroatoms. The number of halogens is 1. The van der Waals surface area contributed by atoms with Crippen molar-refractivity contribution in [2.24, 2.45) is 7.05 Å². The van der Waals surface area contributed by atoms with Crippen LogP contribution in [0.4, 0.5) is 5.69 Å². The summed E-state index contributed by atoms with van der Waals surface area (Å²) in [4.78, 5) is 11.7. The fraction of sp³-hybridized carbons (Fsp3) is 0.538. The Hall–Kier alpha value is -1.10. The third kappa shape index (κ3) is 3.22. The zero-order valence-electron chi connectivity index (χ0n) is 10.6. The second-order valence-electron chi connectivity index (χ2n) is 4.59. The fourth-order valence-electron chi connectivity index (χ4n) is 2.12. The van der Waals surface area contributed by atoms with E-state index in [0.29, 0.717) is 4.47 Å². The van der Waals surface area contributed by atoms with Gasteiger partial charge in [-0.1, -0.05) is 11.6 Å². The number of anilines is 1. The minimum atomic E-state index is -0.114. The van der Waals surface area contributed by atoms with Crippen LogP contribution >= 0.6 is 15.9 Å². The SMILES string of the molecule is Cn1ncc(NCCC2=CCCCC2)c(Br)c1=O. The Morgan fingerprint density at radius 2 is 2.33 bits per heavy atom. The normalized spacial score (nSPS) is 15.3. The van der Waals surface area contributed by atoms with Gasteiger partial charge in [0.25, 0.3) is 5.56 Å². The van der Waals surface area contributed by atoms with Gasteiger partial charge in [-0.25, -0.2) is 4.68 Å². The second kappa shape index (κ2) is 6.18. The van der Waals surface area contributed by atoms with Gasteiger partial charge in [0.2, 0.25) is 0 Å². The van der Waals surface area contributed by atoms with E-state index in [-0.39, 0.29) is 5.56 Å². The largest absolute Gasteiger partial charge is 0.382 e. The molecule has 0 saturated heterocycles. The van der Waals surface area contributed by atoms with Gasteiger partial charge in [-0.2, -0.15) is 5.10 Å². The highest BCUT2D eigenvalue weighted by molar-refractivity contribution is 9.10. The summed E-state index contributed by atoms with van der Waals surface area (Å²) < 4.78 is 1.87. The van der Waals surface area contributed by atoms with Gasteiger partial charge in [-0.15, -0.1) is 0 Å². The predicted octanol–water partition coefficient (Wildman–Crippen LogP) is 2.85. The van der Waals surface area contributed by atoms with E-state index in [9.17, 15) is 4.79 Å². The monoisotopic (exact) mass is 311 g/mol. The van der Waals surface area contributed by atoms with Crippen LogP contribution < -0.4 is 10.9 Å². The molecule has 1 aliphatic carbocycles. The maximum atomic E-state index is 11.7. The highest BCUT2D eigenvalue weighted by Gasteiger charge is 2.07. The van der Waals surface area contributed by atoms with Crippen LogP contribution in [0.3, 0.4) is 0 Å². The molecule has 0 bridgehead atoms. The summed E-state index contributed by atoms with van der Waals surface area (Å²) >= 11 is 3.31. The van der Waals surface area contributed by atoms with E-state index in [0.717, 1.165) is 18.7 Å². The Kier molecular flexibility index (Phi) is 4.58. The van der Waals surface area contributed by atoms with Gasteiger partial charge in [0.1, 0.15) is 4.47 Å². The average Bonchev–Trinajstić information content (AvgIpc) is 2.40. The molecule has 4 nitrogen and oxygen atoms in total. The maximum absolute atomic E-state index is 11.7. The van der Waals surface area contributed by atoms with E-state index in [4.69, 9.17) is 0 Å². The van der Waals surface area contributed by atoms with Crippen molar-refractivity contribution in [3.8, 4) is 0 Å². The molecule has 2 rings (SSSR count). The third-order valence-corrected chi connectivity index (χ3v) is 3.99. The molecule has 1 heterocycles. The standard InChI is InChI=1S/C13H18BrN3O/c1-17-13(18)12(14)11(9-16-17)15-8-7-10-5-3-2-4-6-10/h5,9,15H,2-4,6-8H2,1H3. The van der Waals surface area contributed by atoms with Crippen LogP contribution in [-0.4, -0.2) is 16.3 Å². The first-order valence-corrected chi connectivity index (χ1v) is 7.11. The average molecular weight is 312 g/mol. The van der Waals surface area contributed by atoms with E-state index >= 15 is 0 Å². The molecule has 0 aromatic carbocycles. The van der Waals surface area contributed by atoms with Crippen molar-refractivity contribution < 1.29 is 0 Å². The van der Waals surface area contributed by atoms with Crippen molar-refractivity contribution in [2.75, 3.05) is 11.9 Å². The number of hydrogen-bond donors (Lipinski definition) is 1. The Balaban J connectivity index is 1.92. The van der Waals surface area contributed by atoms with Gasteiger partial charge in [0.15, 0.2) is 0 Å². The molecule has 0 aliphatic heterocycles. The molecule has 0 radical (unpaired) electrons. The Morgan fingerprint density at radius 3 is 3.06 bits per heavy atom. The highest BCUT2D eigenvalue weighted by Crippen LogP contribution is 2.21. The van der Waals surface area contributed by atoms with Gasteiger partial charge >= 0.3 is 0 Å². The van der Waals surface area contributed by atoms with E-state index in [1.54, 1.807) is 13.2 Å². The Labute approximate surface area is 115 Å². The zero-order chi connectivity index (χ0) is 13.0. The number of allylic oxidation sites excluding steroid dienone is 1. The summed E-state index contributed by atoms with van der Waals surface area (Å²) in [5.41, 5.74) is 2.19. The molecule has 1 N–H and O–H groups in total. The van der Waals surface area contributed by atoms with Crippen molar-refractivity contribution in [1.82, 2.24) is 9.78 Å². The van der Waals surface area contributed by atoms with Crippen molar-refractivity contribution in [2.45, 2.75) is 32.1 Å². The molecule has 0 atom stereocenters. The van der Waals surface area contributed by atoms with Gasteiger partial charge in [-0.3, -0.25) is 4.79 Å². The number of aromatic nitrogens is 2. The molecule has 98 valence electrons. The lowest BCUT2D eigenvalue weighted by atomic mass is 9.97. The quantitative estimate of drug-likeness (QED) is 0.870. The Morgan fingerprint density at radius 1 is 1.50 bits per heavy atom. The first-order valence-electron chi connectivity index (χ1n) is 6.32. The zero-order valence-corrected chi connectivity index (χ0v) is 12.2. The van der Waals surface area contributed by atoms with E-state index < -0.39 is 0 Å². The highest BCUT2D eigenvalue weighted by atomic mass is 79.9. The molecule has 1 aromatic heterocycles. The molecule has 1 aromatic rings. The third-order valence-electron chi connectivity index (χ3n) is 3.22. The van der Waals surface area contributed by atoms with Gasteiger partial charge in [-0.05, 0) is 48.0 Å². The van der Waals surface area contributed by atoms with Crippen molar-refractivity contribution in [3.63, 3.8) is 0 Å². The van der Waals surface area contributed by atoms with E-state index in [2.05, 4.69) is 32.4 Å². The van der Waals surface area contributed by atoms with Crippen LogP contribution in [0, 0.1) is 0 Å². The smallest absolute Gasteiger partial charge is 0.282 e. The number of aryl methyl sites for hydroxylation is 1. The predicted molar refractivity (Wildman–Crippen MR) is 76.8 cm³/mol. The summed E-state index contributed by atoms with van der Waals surface area (Å²) in [5.74, 6) is 0. The molecule has 0 amide bonds. The number of nitrogens with one attached hydrogen (secondary N) is 1. The van der Waals surface area contributed by atoms with Crippen LogP contribution in [-0.2, 0) is 7.05 Å². The van der Waals surface area contributed by atoms with E-state index in [1.165, 1.54) is 35.9 Å². The first-order chi connectivity index (χ1) is 8.68. The second-order valence-corrected chi connectivity index (χ2v) is 5.38. The minimum absolute atomic E-state index is 0.114. The maximum Gasteiger partial charge on any atom is 0.282 e. The fourth-order valence-corrected chi connectivity index (χ4v) is 2.62. The van der Waals surface area contributed by atoms with Crippen LogP contribution in [0.15, 0.2) is 27.1 Å². The number of hydrogen-bond acceptors (Lipinski definition) is 3. The lowest BCUT2D eigenvalue weighted by Crippen LogP contribution is -2.21. The number of rotatable bonds is 4. The summed E-state index contributed by atoms with van der Waals surface area (Å²) in [6.45, 7) is 0.847. The number of nitrogens with zero attached hydrogens (tertiary/aromatic N) is 2. The molecular weight excluding hydrogens is 294 g/mol. The van der Waals surface area contributed by atoms with E-state index in [1.807, 2.05) is 0 Å². The molecule has 0 spiro atoms. The van der Waals surface area contributed by atoms with Crippen molar-refractivity contribution in [1.29, 1.82) is 0 Å². The summed E-state index contributed by atoms with van der Waals surface area (Å²) in [6, 6.07) is 0. The molecule has 0 fully saturated rings. The van der Waals surface area contributed by atoms with Crippen LogP contribution in [0.5, 0.6) is 0 Å². The van der Waals surface area contributed by atoms with Crippen LogP contribution in [0.2, 0.25) is 0 Å². The minimum Gasteiger partial charge on any atom is -0.382 e. The summed E-state index contributed by atoms with van der Waals surface area (Å²) in [7, 11) is 1.64.